The fourth-order valence-corrected chi connectivity index (χ4v) is 3.06. The number of para-hydroxylation sites is 1. The van der Waals surface area contributed by atoms with Crippen molar-refractivity contribution in [1.29, 1.82) is 0 Å². The molecule has 3 aromatic rings. The van der Waals surface area contributed by atoms with Crippen LogP contribution < -0.4 is 4.90 Å². The molecule has 0 fully saturated rings. The van der Waals surface area contributed by atoms with E-state index in [0.29, 0.717) is 6.54 Å². The fourth-order valence-electron chi connectivity index (χ4n) is 2.36. The molecule has 0 unspecified atom stereocenters. The number of carbonyl (C=O) groups is 1. The largest absolute Gasteiger partial charge is 0.309 e. The molecule has 0 spiro atoms. The average molecular weight is 414 g/mol. The summed E-state index contributed by atoms with van der Waals surface area (Å²) in [6.07, 6.45) is 2.69. The maximum atomic E-state index is 11.5. The Balaban J connectivity index is 1.80. The minimum absolute atomic E-state index is 0.506. The summed E-state index contributed by atoms with van der Waals surface area (Å²) in [5.41, 5.74) is 3.93. The summed E-state index contributed by atoms with van der Waals surface area (Å²) in [6.45, 7) is 0.506. The quantitative estimate of drug-likeness (QED) is 0.455. The Morgan fingerprint density at radius 1 is 0.957 bits per heavy atom. The summed E-state index contributed by atoms with van der Waals surface area (Å²) in [5.74, 6) is 0. The van der Waals surface area contributed by atoms with Gasteiger partial charge in [-0.05, 0) is 46.4 Å². The van der Waals surface area contributed by atoms with Gasteiger partial charge in [0.15, 0.2) is 0 Å². The van der Waals surface area contributed by atoms with Crippen LogP contribution >= 0.6 is 22.6 Å². The van der Waals surface area contributed by atoms with Crippen molar-refractivity contribution in [2.75, 3.05) is 4.90 Å². The molecule has 1 heterocycles. The second-order valence-electron chi connectivity index (χ2n) is 5.10. The lowest BCUT2D eigenvalue weighted by Crippen LogP contribution is -2.21. The van der Waals surface area contributed by atoms with Gasteiger partial charge in [-0.25, -0.2) is 0 Å². The van der Waals surface area contributed by atoms with Gasteiger partial charge in [0.25, 0.3) is 0 Å². The summed E-state index contributed by atoms with van der Waals surface area (Å²) in [7, 11) is 0. The van der Waals surface area contributed by atoms with E-state index in [1.54, 1.807) is 4.90 Å². The number of hydrogen-bond donors (Lipinski definition) is 0. The molecular weight excluding hydrogens is 399 g/mol. The lowest BCUT2D eigenvalue weighted by Gasteiger charge is -2.19. The zero-order valence-electron chi connectivity index (χ0n) is 12.4. The van der Waals surface area contributed by atoms with Gasteiger partial charge in [0.1, 0.15) is 0 Å². The molecule has 4 heteroatoms. The smallest absolute Gasteiger partial charge is 0.214 e. The van der Waals surface area contributed by atoms with E-state index in [-0.39, 0.29) is 0 Å². The van der Waals surface area contributed by atoms with Crippen molar-refractivity contribution in [2.45, 2.75) is 6.54 Å². The van der Waals surface area contributed by atoms with Crippen LogP contribution in [0.3, 0.4) is 0 Å². The molecule has 0 atom stereocenters. The topological polar surface area (TPSA) is 33.2 Å². The molecule has 3 rings (SSSR count). The van der Waals surface area contributed by atoms with Gasteiger partial charge in [0.2, 0.25) is 6.41 Å². The predicted molar refractivity (Wildman–Crippen MR) is 101 cm³/mol. The van der Waals surface area contributed by atoms with Gasteiger partial charge in [-0.3, -0.25) is 9.78 Å². The van der Waals surface area contributed by atoms with Crippen LogP contribution in [0.2, 0.25) is 0 Å². The van der Waals surface area contributed by atoms with Gasteiger partial charge in [0.05, 0.1) is 17.9 Å². The minimum atomic E-state index is 0.506. The lowest BCUT2D eigenvalue weighted by molar-refractivity contribution is -0.107. The number of anilines is 1. The zero-order chi connectivity index (χ0) is 16.1. The SMILES string of the molecule is O=CN(Cc1ccc(-c2ccccc2)nc1)c1ccccc1I. The van der Waals surface area contributed by atoms with Crippen molar-refractivity contribution in [1.82, 2.24) is 4.98 Å². The monoisotopic (exact) mass is 414 g/mol. The number of aromatic nitrogens is 1. The van der Waals surface area contributed by atoms with Crippen LogP contribution in [0, 0.1) is 3.57 Å². The first-order valence-corrected chi connectivity index (χ1v) is 8.32. The van der Waals surface area contributed by atoms with Crippen LogP contribution in [0.15, 0.2) is 72.9 Å². The van der Waals surface area contributed by atoms with Gasteiger partial charge in [-0.15, -0.1) is 0 Å². The van der Waals surface area contributed by atoms with Crippen LogP contribution in [0.4, 0.5) is 5.69 Å². The molecule has 1 aromatic heterocycles. The molecule has 0 N–H and O–H groups in total. The van der Waals surface area contributed by atoms with Crippen LogP contribution in [-0.4, -0.2) is 11.4 Å². The molecule has 1 amide bonds. The summed E-state index contributed by atoms with van der Waals surface area (Å²) < 4.78 is 1.05. The molecular formula is C19H15IN2O. The number of nitrogens with zero attached hydrogens (tertiary/aromatic N) is 2. The van der Waals surface area contributed by atoms with E-state index in [1.165, 1.54) is 0 Å². The van der Waals surface area contributed by atoms with Gasteiger partial charge in [-0.1, -0.05) is 48.5 Å². The highest BCUT2D eigenvalue weighted by molar-refractivity contribution is 14.1. The zero-order valence-corrected chi connectivity index (χ0v) is 14.6. The first-order valence-electron chi connectivity index (χ1n) is 7.25. The number of benzene rings is 2. The Labute approximate surface area is 149 Å². The highest BCUT2D eigenvalue weighted by Gasteiger charge is 2.09. The molecule has 0 aliphatic heterocycles. The Bertz CT molecular complexity index is 788. The maximum absolute atomic E-state index is 11.5. The summed E-state index contributed by atoms with van der Waals surface area (Å²) in [5, 5.41) is 0. The van der Waals surface area contributed by atoms with Crippen molar-refractivity contribution in [3.63, 3.8) is 0 Å². The molecule has 23 heavy (non-hydrogen) atoms. The fraction of sp³-hybridized carbons (Fsp3) is 0.0526. The highest BCUT2D eigenvalue weighted by atomic mass is 127. The molecule has 2 aromatic carbocycles. The van der Waals surface area contributed by atoms with Crippen molar-refractivity contribution in [3.05, 3.63) is 82.1 Å². The predicted octanol–water partition coefficient (Wildman–Crippen LogP) is 4.52. The Kier molecular flexibility index (Phi) is 5.02. The van der Waals surface area contributed by atoms with E-state index in [1.807, 2.05) is 72.9 Å². The van der Waals surface area contributed by atoms with E-state index in [0.717, 1.165) is 32.5 Å². The number of rotatable bonds is 5. The van der Waals surface area contributed by atoms with E-state index >= 15 is 0 Å². The van der Waals surface area contributed by atoms with Crippen molar-refractivity contribution in [2.24, 2.45) is 0 Å². The first kappa shape index (κ1) is 15.7. The molecule has 0 saturated heterocycles. The number of pyridine rings is 1. The molecule has 0 saturated carbocycles. The van der Waals surface area contributed by atoms with Crippen LogP contribution in [0.25, 0.3) is 11.3 Å². The standard InChI is InChI=1S/C19H15IN2O/c20-17-8-4-5-9-19(17)22(14-23)13-15-10-11-18(21-12-15)16-6-2-1-3-7-16/h1-12,14H,13H2. The van der Waals surface area contributed by atoms with E-state index in [9.17, 15) is 4.79 Å². The normalized spacial score (nSPS) is 10.3. The maximum Gasteiger partial charge on any atom is 0.214 e. The summed E-state index contributed by atoms with van der Waals surface area (Å²) in [6, 6.07) is 21.9. The molecule has 114 valence electrons. The van der Waals surface area contributed by atoms with Crippen molar-refractivity contribution < 1.29 is 4.79 Å². The third kappa shape index (κ3) is 3.76. The second-order valence-corrected chi connectivity index (χ2v) is 6.26. The van der Waals surface area contributed by atoms with Gasteiger partial charge < -0.3 is 4.90 Å². The summed E-state index contributed by atoms with van der Waals surface area (Å²) in [4.78, 5) is 17.7. The Morgan fingerprint density at radius 3 is 2.35 bits per heavy atom. The second kappa shape index (κ2) is 7.37. The molecule has 0 bridgehead atoms. The number of carbonyl (C=O) groups excluding carboxylic acids is 1. The lowest BCUT2D eigenvalue weighted by atomic mass is 10.1. The van der Waals surface area contributed by atoms with Crippen molar-refractivity contribution in [3.8, 4) is 11.3 Å². The van der Waals surface area contributed by atoms with Crippen molar-refractivity contribution >= 4 is 34.7 Å². The van der Waals surface area contributed by atoms with Crippen LogP contribution in [-0.2, 0) is 11.3 Å². The average Bonchev–Trinajstić information content (AvgIpc) is 2.62. The molecule has 0 radical (unpaired) electrons. The van der Waals surface area contributed by atoms with Gasteiger partial charge in [0, 0.05) is 15.3 Å². The Morgan fingerprint density at radius 2 is 1.70 bits per heavy atom. The number of amides is 1. The van der Waals surface area contributed by atoms with E-state index in [2.05, 4.69) is 27.6 Å². The Hall–Kier alpha value is -2.21. The number of hydrogen-bond acceptors (Lipinski definition) is 2. The number of halogens is 1. The molecule has 0 aliphatic carbocycles. The minimum Gasteiger partial charge on any atom is -0.309 e. The van der Waals surface area contributed by atoms with E-state index in [4.69, 9.17) is 0 Å². The first-order chi connectivity index (χ1) is 11.3. The van der Waals surface area contributed by atoms with Gasteiger partial charge >= 0.3 is 0 Å². The van der Waals surface area contributed by atoms with E-state index < -0.39 is 0 Å². The van der Waals surface area contributed by atoms with Crippen LogP contribution in [0.5, 0.6) is 0 Å². The highest BCUT2D eigenvalue weighted by Crippen LogP contribution is 2.23. The van der Waals surface area contributed by atoms with Gasteiger partial charge in [-0.2, -0.15) is 0 Å². The third-order valence-electron chi connectivity index (χ3n) is 3.54. The third-order valence-corrected chi connectivity index (χ3v) is 4.45. The summed E-state index contributed by atoms with van der Waals surface area (Å²) >= 11 is 2.24. The van der Waals surface area contributed by atoms with Crippen LogP contribution in [0.1, 0.15) is 5.56 Å². The molecule has 0 aliphatic rings. The molecule has 3 nitrogen and oxygen atoms in total.